The fraction of sp³-hybridized carbons (Fsp3) is 0.667. The van der Waals surface area contributed by atoms with Crippen LogP contribution in [0, 0.1) is 11.8 Å². The fourth-order valence-corrected chi connectivity index (χ4v) is 1.26. The molecule has 2 amide bonds. The third-order valence-corrected chi connectivity index (χ3v) is 2.33. The molecule has 2 atom stereocenters. The number of nitrogens with two attached hydrogens (primary N) is 1. The molecule has 0 aromatic carbocycles. The zero-order chi connectivity index (χ0) is 10.7. The second kappa shape index (κ2) is 4.32. The molecule has 5 heteroatoms. The van der Waals surface area contributed by atoms with Crippen LogP contribution in [0.1, 0.15) is 20.3 Å². The molecule has 3 N–H and O–H groups in total. The van der Waals surface area contributed by atoms with Gasteiger partial charge in [0.15, 0.2) is 0 Å². The summed E-state index contributed by atoms with van der Waals surface area (Å²) in [6.07, 6.45) is 0.485. The fourth-order valence-electron chi connectivity index (χ4n) is 1.26. The first-order chi connectivity index (χ1) is 6.60. The smallest absolute Gasteiger partial charge is 0.259 e. The molecule has 2 unspecified atom stereocenters. The Hall–Kier alpha value is -1.23. The number of carbonyl (C=O) groups excluding carboxylic acids is 2. The molecule has 14 heavy (non-hydrogen) atoms. The Labute approximate surface area is 82.8 Å². The van der Waals surface area contributed by atoms with E-state index in [0.29, 0.717) is 18.8 Å². The summed E-state index contributed by atoms with van der Waals surface area (Å²) in [5.74, 6) is -0.925. The Bertz CT molecular complexity index is 286. The summed E-state index contributed by atoms with van der Waals surface area (Å²) in [5, 5.41) is 2.61. The molecular formula is C9H15N3O2. The van der Waals surface area contributed by atoms with E-state index in [9.17, 15) is 9.59 Å². The summed E-state index contributed by atoms with van der Waals surface area (Å²) in [6, 6.07) is 0. The van der Waals surface area contributed by atoms with Crippen LogP contribution >= 0.6 is 0 Å². The van der Waals surface area contributed by atoms with E-state index in [4.69, 9.17) is 5.73 Å². The minimum Gasteiger partial charge on any atom is -0.330 e. The van der Waals surface area contributed by atoms with Crippen molar-refractivity contribution in [3.8, 4) is 0 Å². The molecule has 1 heterocycles. The number of nitrogens with one attached hydrogen (secondary N) is 1. The normalized spacial score (nSPS) is 24.2. The van der Waals surface area contributed by atoms with Crippen molar-refractivity contribution in [2.75, 3.05) is 6.54 Å². The lowest BCUT2D eigenvalue weighted by Crippen LogP contribution is -2.47. The van der Waals surface area contributed by atoms with Gasteiger partial charge in [0.05, 0.1) is 0 Å². The Morgan fingerprint density at radius 3 is 2.64 bits per heavy atom. The average molecular weight is 197 g/mol. The highest BCUT2D eigenvalue weighted by Crippen LogP contribution is 2.11. The number of aliphatic imine (C=N–C) groups is 1. The van der Waals surface area contributed by atoms with Crippen molar-refractivity contribution < 1.29 is 9.59 Å². The summed E-state index contributed by atoms with van der Waals surface area (Å²) >= 11 is 0. The highest BCUT2D eigenvalue weighted by atomic mass is 16.2. The van der Waals surface area contributed by atoms with Gasteiger partial charge in [0.25, 0.3) is 5.91 Å². The van der Waals surface area contributed by atoms with Crippen molar-refractivity contribution in [3.63, 3.8) is 0 Å². The van der Waals surface area contributed by atoms with Crippen LogP contribution in [-0.2, 0) is 9.59 Å². The van der Waals surface area contributed by atoms with E-state index in [0.717, 1.165) is 0 Å². The third-order valence-electron chi connectivity index (χ3n) is 2.33. The van der Waals surface area contributed by atoms with Crippen molar-refractivity contribution in [1.82, 2.24) is 5.32 Å². The van der Waals surface area contributed by atoms with E-state index in [2.05, 4.69) is 10.3 Å². The van der Waals surface area contributed by atoms with Crippen molar-refractivity contribution in [2.45, 2.75) is 20.3 Å². The molecule has 0 aliphatic carbocycles. The summed E-state index contributed by atoms with van der Waals surface area (Å²) in [5.41, 5.74) is 5.42. The molecule has 0 saturated heterocycles. The number of nitrogens with zero attached hydrogens (tertiary/aromatic N) is 1. The average Bonchev–Trinajstić information content (AvgIpc) is 2.16. The van der Waals surface area contributed by atoms with E-state index in [1.54, 1.807) is 6.92 Å². The zero-order valence-electron chi connectivity index (χ0n) is 8.41. The number of rotatable bonds is 3. The number of amides is 2. The van der Waals surface area contributed by atoms with Gasteiger partial charge in [-0.3, -0.25) is 9.59 Å². The van der Waals surface area contributed by atoms with Gasteiger partial charge in [-0.25, -0.2) is 0 Å². The van der Waals surface area contributed by atoms with Gasteiger partial charge in [-0.05, 0) is 6.42 Å². The molecular weight excluding hydrogens is 182 g/mol. The van der Waals surface area contributed by atoms with Crippen LogP contribution in [0.25, 0.3) is 0 Å². The van der Waals surface area contributed by atoms with Gasteiger partial charge in [0.1, 0.15) is 11.8 Å². The molecule has 0 aromatic heterocycles. The van der Waals surface area contributed by atoms with E-state index in [1.807, 2.05) is 6.92 Å². The molecule has 0 radical (unpaired) electrons. The Kier molecular flexibility index (Phi) is 3.35. The standard InChI is InChI=1S/C9H15N3O2/c1-3-6-8(13)11-7(5(2)4-10)12-9(6)14/h5-6H,3-4,10H2,1-2H3,(H,11,12,13,14). The molecule has 0 bridgehead atoms. The first-order valence-electron chi connectivity index (χ1n) is 4.73. The molecule has 0 saturated carbocycles. The van der Waals surface area contributed by atoms with Gasteiger partial charge in [-0.15, -0.1) is 0 Å². The highest BCUT2D eigenvalue weighted by molar-refractivity contribution is 6.16. The minimum atomic E-state index is -0.622. The Morgan fingerprint density at radius 2 is 2.21 bits per heavy atom. The predicted molar refractivity (Wildman–Crippen MR) is 52.6 cm³/mol. The molecule has 5 nitrogen and oxygen atoms in total. The molecule has 1 rings (SSSR count). The summed E-state index contributed by atoms with van der Waals surface area (Å²) in [4.78, 5) is 26.6. The summed E-state index contributed by atoms with van der Waals surface area (Å²) < 4.78 is 0. The first-order valence-corrected chi connectivity index (χ1v) is 4.73. The van der Waals surface area contributed by atoms with Crippen molar-refractivity contribution in [1.29, 1.82) is 0 Å². The van der Waals surface area contributed by atoms with Crippen LogP contribution in [0.15, 0.2) is 4.99 Å². The zero-order valence-corrected chi connectivity index (χ0v) is 8.41. The SMILES string of the molecule is CCC1C(=O)N=C(C(C)CN)NC1=O. The van der Waals surface area contributed by atoms with Crippen LogP contribution in [0.2, 0.25) is 0 Å². The van der Waals surface area contributed by atoms with Gasteiger partial charge in [0.2, 0.25) is 5.91 Å². The Morgan fingerprint density at radius 1 is 1.57 bits per heavy atom. The molecule has 78 valence electrons. The molecule has 1 aliphatic heterocycles. The van der Waals surface area contributed by atoms with Crippen LogP contribution in [0.4, 0.5) is 0 Å². The summed E-state index contributed by atoms with van der Waals surface area (Å²) in [6.45, 7) is 3.97. The lowest BCUT2D eigenvalue weighted by atomic mass is 10.0. The lowest BCUT2D eigenvalue weighted by Gasteiger charge is -2.21. The number of carbonyl (C=O) groups is 2. The quantitative estimate of drug-likeness (QED) is 0.607. The second-order valence-electron chi connectivity index (χ2n) is 3.42. The topological polar surface area (TPSA) is 84.6 Å². The second-order valence-corrected chi connectivity index (χ2v) is 3.42. The van der Waals surface area contributed by atoms with E-state index >= 15 is 0 Å². The Balaban J connectivity index is 2.85. The van der Waals surface area contributed by atoms with E-state index in [1.165, 1.54) is 0 Å². The molecule has 0 aromatic rings. The van der Waals surface area contributed by atoms with Crippen molar-refractivity contribution in [2.24, 2.45) is 22.6 Å². The first kappa shape index (κ1) is 10.8. The van der Waals surface area contributed by atoms with Crippen LogP contribution in [0.3, 0.4) is 0 Å². The molecule has 0 fully saturated rings. The predicted octanol–water partition coefficient (Wildman–Crippen LogP) is -0.338. The maximum atomic E-state index is 11.4. The molecule has 1 aliphatic rings. The molecule has 0 spiro atoms. The van der Waals surface area contributed by atoms with Crippen LogP contribution < -0.4 is 11.1 Å². The van der Waals surface area contributed by atoms with Crippen LogP contribution in [-0.4, -0.2) is 24.2 Å². The van der Waals surface area contributed by atoms with Gasteiger partial charge < -0.3 is 11.1 Å². The van der Waals surface area contributed by atoms with Crippen molar-refractivity contribution >= 4 is 17.6 Å². The largest absolute Gasteiger partial charge is 0.330 e. The third kappa shape index (κ3) is 1.98. The van der Waals surface area contributed by atoms with Crippen LogP contribution in [0.5, 0.6) is 0 Å². The van der Waals surface area contributed by atoms with Gasteiger partial charge in [-0.2, -0.15) is 4.99 Å². The summed E-state index contributed by atoms with van der Waals surface area (Å²) in [7, 11) is 0. The maximum absolute atomic E-state index is 11.4. The monoisotopic (exact) mass is 197 g/mol. The van der Waals surface area contributed by atoms with E-state index < -0.39 is 5.92 Å². The van der Waals surface area contributed by atoms with Gasteiger partial charge in [0, 0.05) is 12.5 Å². The van der Waals surface area contributed by atoms with E-state index in [-0.39, 0.29) is 17.7 Å². The van der Waals surface area contributed by atoms with Crippen molar-refractivity contribution in [3.05, 3.63) is 0 Å². The maximum Gasteiger partial charge on any atom is 0.259 e. The highest BCUT2D eigenvalue weighted by Gasteiger charge is 2.31. The lowest BCUT2D eigenvalue weighted by molar-refractivity contribution is -0.133. The number of hydrogen-bond acceptors (Lipinski definition) is 3. The minimum absolute atomic E-state index is 0.0827. The van der Waals surface area contributed by atoms with Gasteiger partial charge >= 0.3 is 0 Å². The number of hydrogen-bond donors (Lipinski definition) is 2. The van der Waals surface area contributed by atoms with Gasteiger partial charge in [-0.1, -0.05) is 13.8 Å². The number of amidine groups is 1.